The van der Waals surface area contributed by atoms with Crippen molar-refractivity contribution in [2.75, 3.05) is 6.54 Å². The second-order valence-electron chi connectivity index (χ2n) is 7.06. The Balaban J connectivity index is 1.85. The molecule has 0 radical (unpaired) electrons. The van der Waals surface area contributed by atoms with Gasteiger partial charge in [-0.3, -0.25) is 4.98 Å². The average Bonchev–Trinajstić information content (AvgIpc) is 3.18. The van der Waals surface area contributed by atoms with Crippen molar-refractivity contribution >= 4 is 17.3 Å². The summed E-state index contributed by atoms with van der Waals surface area (Å²) in [6, 6.07) is 15.6. The van der Waals surface area contributed by atoms with Crippen LogP contribution in [-0.4, -0.2) is 31.2 Å². The van der Waals surface area contributed by atoms with Crippen LogP contribution in [0.4, 0.5) is 0 Å². The van der Waals surface area contributed by atoms with Crippen LogP contribution in [0.5, 0.6) is 5.75 Å². The maximum atomic E-state index is 10.4. The van der Waals surface area contributed by atoms with Gasteiger partial charge in [0.1, 0.15) is 5.75 Å². The van der Waals surface area contributed by atoms with Crippen molar-refractivity contribution in [1.82, 2.24) is 19.8 Å². The van der Waals surface area contributed by atoms with Gasteiger partial charge < -0.3 is 19.9 Å². The lowest BCUT2D eigenvalue weighted by atomic mass is 9.97. The summed E-state index contributed by atoms with van der Waals surface area (Å²) in [5.41, 5.74) is 5.11. The molecule has 4 rings (SSSR count). The molecule has 2 N–H and O–H groups in total. The Morgan fingerprint density at radius 1 is 1.14 bits per heavy atom. The van der Waals surface area contributed by atoms with Crippen molar-refractivity contribution in [3.05, 3.63) is 77.4 Å². The highest BCUT2D eigenvalue weighted by Gasteiger charge is 2.40. The molecule has 1 aromatic carbocycles. The van der Waals surface area contributed by atoms with Crippen LogP contribution in [0, 0.1) is 13.8 Å². The molecule has 0 unspecified atom stereocenters. The molecule has 28 heavy (non-hydrogen) atoms. The van der Waals surface area contributed by atoms with E-state index in [-0.39, 0.29) is 17.8 Å². The normalized spacial score (nSPS) is 19.1. The lowest BCUT2D eigenvalue weighted by molar-refractivity contribution is 0.329. The molecule has 0 saturated carbocycles. The summed E-state index contributed by atoms with van der Waals surface area (Å²) in [6.07, 6.45) is 1.82. The third-order valence-corrected chi connectivity index (χ3v) is 5.80. The van der Waals surface area contributed by atoms with Crippen molar-refractivity contribution in [3.8, 4) is 11.4 Å². The lowest BCUT2D eigenvalue weighted by Gasteiger charge is -2.27. The first-order valence-electron chi connectivity index (χ1n) is 9.48. The van der Waals surface area contributed by atoms with Gasteiger partial charge in [0.05, 0.1) is 23.5 Å². The maximum Gasteiger partial charge on any atom is 0.170 e. The van der Waals surface area contributed by atoms with E-state index < -0.39 is 0 Å². The molecular formula is C22H24N4OS. The minimum atomic E-state index is -0.0213. The van der Waals surface area contributed by atoms with Gasteiger partial charge in [0.15, 0.2) is 5.11 Å². The zero-order chi connectivity index (χ0) is 19.8. The standard InChI is InChI=1S/C22H24N4OS/c1-4-25-21(20(24-22(25)28)17-9-7-8-12-23-17)16-13-14(2)26(15(16)3)18-10-5-6-11-19(18)27/h5-13,20-21,27H,4H2,1-3H3,(H,24,28)/t20-,21+/m0/s1. The van der Waals surface area contributed by atoms with Crippen LogP contribution in [0.1, 0.15) is 41.7 Å². The second-order valence-corrected chi connectivity index (χ2v) is 7.45. The highest BCUT2D eigenvalue weighted by molar-refractivity contribution is 7.80. The Hall–Kier alpha value is -2.86. The Morgan fingerprint density at radius 2 is 1.89 bits per heavy atom. The molecule has 2 atom stereocenters. The van der Waals surface area contributed by atoms with Gasteiger partial charge >= 0.3 is 0 Å². The van der Waals surface area contributed by atoms with E-state index in [2.05, 4.69) is 46.6 Å². The number of phenols is 1. The van der Waals surface area contributed by atoms with Gasteiger partial charge in [-0.15, -0.1) is 0 Å². The zero-order valence-electron chi connectivity index (χ0n) is 16.3. The number of benzene rings is 1. The molecule has 5 nitrogen and oxygen atoms in total. The van der Waals surface area contributed by atoms with Gasteiger partial charge in [0.2, 0.25) is 0 Å². The van der Waals surface area contributed by atoms with Crippen LogP contribution in [-0.2, 0) is 0 Å². The molecule has 0 amide bonds. The van der Waals surface area contributed by atoms with E-state index in [1.807, 2.05) is 42.6 Å². The van der Waals surface area contributed by atoms with Gasteiger partial charge in [0.25, 0.3) is 0 Å². The number of pyridine rings is 1. The van der Waals surface area contributed by atoms with Gasteiger partial charge in [-0.1, -0.05) is 18.2 Å². The number of thiocarbonyl (C=S) groups is 1. The number of nitrogens with zero attached hydrogens (tertiary/aromatic N) is 3. The molecule has 144 valence electrons. The van der Waals surface area contributed by atoms with E-state index in [4.69, 9.17) is 12.2 Å². The summed E-state index contributed by atoms with van der Waals surface area (Å²) < 4.78 is 2.11. The van der Waals surface area contributed by atoms with Gasteiger partial charge in [-0.05, 0) is 68.9 Å². The van der Waals surface area contributed by atoms with Crippen LogP contribution in [0.25, 0.3) is 5.69 Å². The molecule has 6 heteroatoms. The lowest BCUT2D eigenvalue weighted by Crippen LogP contribution is -2.29. The van der Waals surface area contributed by atoms with Crippen molar-refractivity contribution in [2.24, 2.45) is 0 Å². The van der Waals surface area contributed by atoms with Crippen molar-refractivity contribution < 1.29 is 5.11 Å². The van der Waals surface area contributed by atoms with Crippen molar-refractivity contribution in [3.63, 3.8) is 0 Å². The van der Waals surface area contributed by atoms with E-state index in [1.165, 1.54) is 5.56 Å². The quantitative estimate of drug-likeness (QED) is 0.652. The molecule has 1 saturated heterocycles. The van der Waals surface area contributed by atoms with Crippen LogP contribution < -0.4 is 5.32 Å². The number of nitrogens with one attached hydrogen (secondary N) is 1. The molecule has 2 aromatic heterocycles. The van der Waals surface area contributed by atoms with Crippen molar-refractivity contribution in [2.45, 2.75) is 32.9 Å². The van der Waals surface area contributed by atoms with Crippen molar-refractivity contribution in [1.29, 1.82) is 0 Å². The number of aryl methyl sites for hydroxylation is 1. The molecule has 3 aromatic rings. The summed E-state index contributed by atoms with van der Waals surface area (Å²) in [4.78, 5) is 6.79. The van der Waals surface area contributed by atoms with E-state index in [1.54, 1.807) is 6.07 Å². The van der Waals surface area contributed by atoms with Crippen LogP contribution in [0.2, 0.25) is 0 Å². The van der Waals surface area contributed by atoms with Gasteiger partial charge in [-0.25, -0.2) is 0 Å². The first kappa shape index (κ1) is 18.5. The molecule has 1 aliphatic heterocycles. The third kappa shape index (κ3) is 2.94. The molecule has 0 bridgehead atoms. The Morgan fingerprint density at radius 3 is 2.57 bits per heavy atom. The Kier molecular flexibility index (Phi) is 4.81. The first-order valence-corrected chi connectivity index (χ1v) is 9.89. The van der Waals surface area contributed by atoms with Gasteiger partial charge in [0, 0.05) is 24.1 Å². The Bertz CT molecular complexity index is 1010. The predicted molar refractivity (Wildman–Crippen MR) is 115 cm³/mol. The number of aromatic hydroxyl groups is 1. The fraction of sp³-hybridized carbons (Fsp3) is 0.273. The molecule has 1 aliphatic rings. The molecule has 3 heterocycles. The fourth-order valence-electron chi connectivity index (χ4n) is 4.20. The number of aromatic nitrogens is 2. The molecule has 1 fully saturated rings. The monoisotopic (exact) mass is 392 g/mol. The minimum absolute atomic E-state index is 0.0213. The largest absolute Gasteiger partial charge is 0.506 e. The number of phenolic OH excluding ortho intramolecular Hbond substituents is 1. The van der Waals surface area contributed by atoms with Crippen LogP contribution >= 0.6 is 12.2 Å². The van der Waals surface area contributed by atoms with Gasteiger partial charge in [-0.2, -0.15) is 0 Å². The summed E-state index contributed by atoms with van der Waals surface area (Å²) in [5, 5.41) is 14.6. The first-order chi connectivity index (χ1) is 13.5. The maximum absolute atomic E-state index is 10.4. The number of hydrogen-bond donors (Lipinski definition) is 2. The molecular weight excluding hydrogens is 368 g/mol. The highest BCUT2D eigenvalue weighted by atomic mass is 32.1. The summed E-state index contributed by atoms with van der Waals surface area (Å²) in [5.74, 6) is 0.268. The highest BCUT2D eigenvalue weighted by Crippen LogP contribution is 2.41. The summed E-state index contributed by atoms with van der Waals surface area (Å²) >= 11 is 5.63. The minimum Gasteiger partial charge on any atom is -0.506 e. The average molecular weight is 393 g/mol. The summed E-state index contributed by atoms with van der Waals surface area (Å²) in [7, 11) is 0. The predicted octanol–water partition coefficient (Wildman–Crippen LogP) is 4.19. The number of para-hydroxylation sites is 2. The second kappa shape index (κ2) is 7.28. The number of hydrogen-bond acceptors (Lipinski definition) is 3. The molecule has 0 aliphatic carbocycles. The number of rotatable bonds is 4. The van der Waals surface area contributed by atoms with E-state index in [0.717, 1.165) is 34.4 Å². The van der Waals surface area contributed by atoms with E-state index >= 15 is 0 Å². The van der Waals surface area contributed by atoms with Crippen LogP contribution in [0.15, 0.2) is 54.7 Å². The van der Waals surface area contributed by atoms with E-state index in [0.29, 0.717) is 0 Å². The zero-order valence-corrected chi connectivity index (χ0v) is 17.1. The summed E-state index contributed by atoms with van der Waals surface area (Å²) in [6.45, 7) is 7.08. The Labute approximate surface area is 170 Å². The smallest absolute Gasteiger partial charge is 0.170 e. The number of likely N-dealkylation sites (N-methyl/N-ethyl adjacent to an activating group) is 1. The SMILES string of the molecule is CCN1C(=S)N[C@@H](c2ccccn2)[C@H]1c1cc(C)n(-c2ccccc2O)c1C. The topological polar surface area (TPSA) is 53.3 Å². The third-order valence-electron chi connectivity index (χ3n) is 5.45. The molecule has 0 spiro atoms. The van der Waals surface area contributed by atoms with Crippen LogP contribution in [0.3, 0.4) is 0 Å². The van der Waals surface area contributed by atoms with E-state index in [9.17, 15) is 5.11 Å². The fourth-order valence-corrected chi connectivity index (χ4v) is 4.57.